The van der Waals surface area contributed by atoms with Crippen LogP contribution in [0.5, 0.6) is 0 Å². The Morgan fingerprint density at radius 2 is 1.21 bits per heavy atom. The Hall–Kier alpha value is -3.65. The summed E-state index contributed by atoms with van der Waals surface area (Å²) in [6, 6.07) is 25.4. The zero-order valence-electron chi connectivity index (χ0n) is 19.6. The summed E-state index contributed by atoms with van der Waals surface area (Å²) in [7, 11) is -0.462. The van der Waals surface area contributed by atoms with Crippen molar-refractivity contribution >= 4 is 27.5 Å². The van der Waals surface area contributed by atoms with E-state index in [1.807, 2.05) is 60.7 Å². The van der Waals surface area contributed by atoms with E-state index >= 15 is 0 Å². The van der Waals surface area contributed by atoms with Crippen LogP contribution in [0.4, 0.5) is 5.69 Å². The third-order valence-electron chi connectivity index (χ3n) is 5.27. The predicted molar refractivity (Wildman–Crippen MR) is 134 cm³/mol. The van der Waals surface area contributed by atoms with Crippen molar-refractivity contribution in [2.45, 2.75) is 13.1 Å². The van der Waals surface area contributed by atoms with Gasteiger partial charge in [-0.15, -0.1) is 0 Å². The van der Waals surface area contributed by atoms with Gasteiger partial charge in [-0.2, -0.15) is 0 Å². The van der Waals surface area contributed by atoms with Crippen molar-refractivity contribution in [1.29, 1.82) is 0 Å². The highest BCUT2D eigenvalue weighted by Crippen LogP contribution is 2.20. The molecule has 7 nitrogen and oxygen atoms in total. The average Bonchev–Trinajstić information content (AvgIpc) is 2.82. The molecule has 0 atom stereocenters. The van der Waals surface area contributed by atoms with Crippen LogP contribution in [0.3, 0.4) is 0 Å². The first kappa shape index (κ1) is 25.0. The lowest BCUT2D eigenvalue weighted by Crippen LogP contribution is -2.42. The van der Waals surface area contributed by atoms with Crippen molar-refractivity contribution in [3.8, 4) is 0 Å². The summed E-state index contributed by atoms with van der Waals surface area (Å²) in [5.74, 6) is -0.517. The van der Waals surface area contributed by atoms with Crippen LogP contribution in [0.2, 0.25) is 0 Å². The van der Waals surface area contributed by atoms with Crippen molar-refractivity contribution in [3.63, 3.8) is 0 Å². The standard InChI is InChI=1S/C26H29N3O4S/c1-27(2)26(31)23-14-16-24(17-15-23)29(34(3,32)33)20-25(30)28(18-21-10-6-4-7-11-21)19-22-12-8-5-9-13-22/h4-17H,18-20H2,1-3H3. The van der Waals surface area contributed by atoms with E-state index in [-0.39, 0.29) is 18.4 Å². The molecule has 0 aliphatic carbocycles. The zero-order valence-corrected chi connectivity index (χ0v) is 20.4. The highest BCUT2D eigenvalue weighted by molar-refractivity contribution is 7.92. The second-order valence-corrected chi connectivity index (χ2v) is 10.1. The third-order valence-corrected chi connectivity index (χ3v) is 6.41. The predicted octanol–water partition coefficient (Wildman–Crippen LogP) is 3.38. The van der Waals surface area contributed by atoms with Gasteiger partial charge in [-0.05, 0) is 35.4 Å². The quantitative estimate of drug-likeness (QED) is 0.471. The molecule has 178 valence electrons. The Bertz CT molecular complexity index is 1170. The van der Waals surface area contributed by atoms with Gasteiger partial charge in [-0.1, -0.05) is 60.7 Å². The van der Waals surface area contributed by atoms with Gasteiger partial charge in [0.25, 0.3) is 5.91 Å². The van der Waals surface area contributed by atoms with Crippen LogP contribution in [0.15, 0.2) is 84.9 Å². The van der Waals surface area contributed by atoms with E-state index in [1.165, 1.54) is 4.90 Å². The molecule has 0 fully saturated rings. The van der Waals surface area contributed by atoms with E-state index in [4.69, 9.17) is 0 Å². The molecule has 34 heavy (non-hydrogen) atoms. The van der Waals surface area contributed by atoms with Crippen LogP contribution in [-0.4, -0.2) is 56.9 Å². The van der Waals surface area contributed by atoms with Crippen molar-refractivity contribution in [1.82, 2.24) is 9.80 Å². The smallest absolute Gasteiger partial charge is 0.253 e. The number of carbonyl (C=O) groups excluding carboxylic acids is 2. The molecule has 3 rings (SSSR count). The number of nitrogens with zero attached hydrogens (tertiary/aromatic N) is 3. The summed E-state index contributed by atoms with van der Waals surface area (Å²) >= 11 is 0. The summed E-state index contributed by atoms with van der Waals surface area (Å²) in [4.78, 5) is 28.7. The van der Waals surface area contributed by atoms with Crippen molar-refractivity contribution < 1.29 is 18.0 Å². The lowest BCUT2D eigenvalue weighted by atomic mass is 10.1. The van der Waals surface area contributed by atoms with Gasteiger partial charge in [0, 0.05) is 32.7 Å². The van der Waals surface area contributed by atoms with E-state index in [1.54, 1.807) is 43.3 Å². The number of hydrogen-bond donors (Lipinski definition) is 0. The molecular formula is C26H29N3O4S. The molecule has 0 aromatic heterocycles. The molecule has 0 aliphatic rings. The van der Waals surface area contributed by atoms with E-state index in [9.17, 15) is 18.0 Å². The van der Waals surface area contributed by atoms with Crippen molar-refractivity contribution in [2.24, 2.45) is 0 Å². The van der Waals surface area contributed by atoms with Crippen LogP contribution in [-0.2, 0) is 27.9 Å². The second kappa shape index (κ2) is 11.0. The highest BCUT2D eigenvalue weighted by Gasteiger charge is 2.25. The largest absolute Gasteiger partial charge is 0.345 e. The lowest BCUT2D eigenvalue weighted by Gasteiger charge is -2.28. The topological polar surface area (TPSA) is 78.0 Å². The first-order valence-corrected chi connectivity index (χ1v) is 12.6. The Labute approximate surface area is 201 Å². The molecule has 0 aliphatic heterocycles. The number of anilines is 1. The molecule has 0 N–H and O–H groups in total. The lowest BCUT2D eigenvalue weighted by molar-refractivity contribution is -0.130. The first-order valence-electron chi connectivity index (χ1n) is 10.8. The van der Waals surface area contributed by atoms with Gasteiger partial charge in [0.15, 0.2) is 0 Å². The van der Waals surface area contributed by atoms with Gasteiger partial charge in [-0.25, -0.2) is 8.42 Å². The third kappa shape index (κ3) is 6.68. The number of carbonyl (C=O) groups is 2. The van der Waals surface area contributed by atoms with E-state index in [2.05, 4.69) is 0 Å². The van der Waals surface area contributed by atoms with Crippen molar-refractivity contribution in [2.75, 3.05) is 31.2 Å². The molecule has 0 unspecified atom stereocenters. The van der Waals surface area contributed by atoms with E-state index in [0.29, 0.717) is 24.3 Å². The summed E-state index contributed by atoms with van der Waals surface area (Å²) in [5.41, 5.74) is 2.65. The van der Waals surface area contributed by atoms with Crippen molar-refractivity contribution in [3.05, 3.63) is 102 Å². The molecule has 3 aromatic carbocycles. The summed E-state index contributed by atoms with van der Waals surface area (Å²) in [6.45, 7) is 0.352. The van der Waals surface area contributed by atoms with E-state index < -0.39 is 10.0 Å². The van der Waals surface area contributed by atoms with Gasteiger partial charge in [0.1, 0.15) is 6.54 Å². The number of hydrogen-bond acceptors (Lipinski definition) is 4. The van der Waals surface area contributed by atoms with Gasteiger partial charge >= 0.3 is 0 Å². The van der Waals surface area contributed by atoms with Crippen LogP contribution in [0, 0.1) is 0 Å². The fourth-order valence-corrected chi connectivity index (χ4v) is 4.34. The Kier molecular flexibility index (Phi) is 8.07. The second-order valence-electron chi connectivity index (χ2n) is 8.24. The molecule has 0 saturated heterocycles. The van der Waals surface area contributed by atoms with Crippen LogP contribution in [0.25, 0.3) is 0 Å². The molecule has 8 heteroatoms. The first-order chi connectivity index (χ1) is 16.1. The molecule has 0 radical (unpaired) electrons. The molecule has 2 amide bonds. The Balaban J connectivity index is 1.87. The maximum Gasteiger partial charge on any atom is 0.253 e. The van der Waals surface area contributed by atoms with Gasteiger partial charge < -0.3 is 9.80 Å². The SMILES string of the molecule is CN(C)C(=O)c1ccc(N(CC(=O)N(Cc2ccccc2)Cc2ccccc2)S(C)(=O)=O)cc1. The minimum absolute atomic E-state index is 0.189. The molecule has 0 spiro atoms. The Morgan fingerprint density at radius 1 is 0.735 bits per heavy atom. The molecular weight excluding hydrogens is 450 g/mol. The van der Waals surface area contributed by atoms with Gasteiger partial charge in [0.2, 0.25) is 15.9 Å². The van der Waals surface area contributed by atoms with Crippen LogP contribution >= 0.6 is 0 Å². The van der Waals surface area contributed by atoms with E-state index in [0.717, 1.165) is 21.7 Å². The summed E-state index contributed by atoms with van der Waals surface area (Å²) in [5, 5.41) is 0. The molecule has 0 bridgehead atoms. The zero-order chi connectivity index (χ0) is 24.7. The normalized spacial score (nSPS) is 11.0. The van der Waals surface area contributed by atoms with Gasteiger partial charge in [-0.3, -0.25) is 13.9 Å². The summed E-state index contributed by atoms with van der Waals surface area (Å²) < 4.78 is 26.3. The maximum atomic E-state index is 13.4. The number of rotatable bonds is 9. The van der Waals surface area contributed by atoms with Crippen LogP contribution < -0.4 is 4.31 Å². The van der Waals surface area contributed by atoms with Gasteiger partial charge in [0.05, 0.1) is 11.9 Å². The molecule has 0 heterocycles. The number of amides is 2. The Morgan fingerprint density at radius 3 is 1.62 bits per heavy atom. The maximum absolute atomic E-state index is 13.4. The molecule has 0 saturated carbocycles. The molecule has 3 aromatic rings. The van der Waals surface area contributed by atoms with Crippen LogP contribution in [0.1, 0.15) is 21.5 Å². The number of sulfonamides is 1. The summed E-state index contributed by atoms with van der Waals surface area (Å²) in [6.07, 6.45) is 1.07. The minimum atomic E-state index is -3.75. The minimum Gasteiger partial charge on any atom is -0.345 e. The fraction of sp³-hybridized carbons (Fsp3) is 0.231. The highest BCUT2D eigenvalue weighted by atomic mass is 32.2. The number of benzene rings is 3. The monoisotopic (exact) mass is 479 g/mol. The average molecular weight is 480 g/mol. The fourth-order valence-electron chi connectivity index (χ4n) is 3.49.